The molecule has 0 aliphatic heterocycles. The lowest BCUT2D eigenvalue weighted by Gasteiger charge is -2.27. The van der Waals surface area contributed by atoms with Crippen molar-refractivity contribution >= 4 is 0 Å². The van der Waals surface area contributed by atoms with Gasteiger partial charge in [-0.05, 0) is 18.8 Å². The average molecular weight is 139 g/mol. The number of fused-ring (bicyclic) bond motifs is 2. The molecule has 2 aliphatic rings. The third kappa shape index (κ3) is 0.662. The van der Waals surface area contributed by atoms with Crippen LogP contribution in [0, 0.1) is 11.8 Å². The van der Waals surface area contributed by atoms with Crippen molar-refractivity contribution < 1.29 is 5.11 Å². The molecule has 2 nitrogen and oxygen atoms in total. The standard InChI is InChI=1S/C8H13NO/c9-5-8(10)4-6-1-2-7(8)3-6/h1-2,6-7,10H,3-5,9H2/t6-,7-,8-/m0/s1. The molecular formula is C8H13NO. The fraction of sp³-hybridized carbons (Fsp3) is 0.750. The van der Waals surface area contributed by atoms with E-state index in [9.17, 15) is 5.11 Å². The number of rotatable bonds is 1. The van der Waals surface area contributed by atoms with Gasteiger partial charge in [0.25, 0.3) is 0 Å². The Morgan fingerprint density at radius 3 is 2.70 bits per heavy atom. The Morgan fingerprint density at radius 2 is 2.40 bits per heavy atom. The number of hydrogen-bond donors (Lipinski definition) is 2. The molecule has 0 unspecified atom stereocenters. The Labute approximate surface area is 60.7 Å². The van der Waals surface area contributed by atoms with Gasteiger partial charge in [0.15, 0.2) is 0 Å². The van der Waals surface area contributed by atoms with E-state index in [1.54, 1.807) is 0 Å². The van der Waals surface area contributed by atoms with Crippen LogP contribution in [0.15, 0.2) is 12.2 Å². The number of aliphatic hydroxyl groups is 1. The van der Waals surface area contributed by atoms with E-state index in [1.165, 1.54) is 0 Å². The van der Waals surface area contributed by atoms with Gasteiger partial charge >= 0.3 is 0 Å². The lowest BCUT2D eigenvalue weighted by molar-refractivity contribution is 0.0240. The van der Waals surface area contributed by atoms with Crippen molar-refractivity contribution in [2.75, 3.05) is 6.54 Å². The Morgan fingerprint density at radius 1 is 1.60 bits per heavy atom. The van der Waals surface area contributed by atoms with Crippen LogP contribution in [0.4, 0.5) is 0 Å². The van der Waals surface area contributed by atoms with E-state index in [4.69, 9.17) is 5.73 Å². The fourth-order valence-corrected chi connectivity index (χ4v) is 2.16. The van der Waals surface area contributed by atoms with Crippen LogP contribution in [0.3, 0.4) is 0 Å². The van der Waals surface area contributed by atoms with Crippen molar-refractivity contribution in [2.24, 2.45) is 17.6 Å². The third-order valence-corrected chi connectivity index (χ3v) is 2.83. The zero-order valence-electron chi connectivity index (χ0n) is 5.96. The summed E-state index contributed by atoms with van der Waals surface area (Å²) in [5.41, 5.74) is 4.91. The SMILES string of the molecule is NC[C@@]1(O)C[C@H]2C=C[C@H]1C2. The first kappa shape index (κ1) is 6.38. The zero-order chi connectivity index (χ0) is 7.19. The van der Waals surface area contributed by atoms with Crippen LogP contribution in [0.5, 0.6) is 0 Å². The van der Waals surface area contributed by atoms with Crippen LogP contribution in [0.1, 0.15) is 12.8 Å². The van der Waals surface area contributed by atoms with Gasteiger partial charge in [-0.3, -0.25) is 0 Å². The molecule has 0 amide bonds. The number of hydrogen-bond acceptors (Lipinski definition) is 2. The molecule has 3 atom stereocenters. The Hall–Kier alpha value is -0.340. The van der Waals surface area contributed by atoms with Crippen LogP contribution in [0.2, 0.25) is 0 Å². The van der Waals surface area contributed by atoms with Crippen molar-refractivity contribution in [3.8, 4) is 0 Å². The molecule has 0 radical (unpaired) electrons. The summed E-state index contributed by atoms with van der Waals surface area (Å²) < 4.78 is 0. The van der Waals surface area contributed by atoms with E-state index in [2.05, 4.69) is 12.2 Å². The molecule has 0 heterocycles. The second kappa shape index (κ2) is 1.83. The summed E-state index contributed by atoms with van der Waals surface area (Å²) in [6, 6.07) is 0. The predicted octanol–water partition coefficient (Wildman–Crippen LogP) is 0.272. The Kier molecular flexibility index (Phi) is 1.17. The molecule has 0 aromatic rings. The van der Waals surface area contributed by atoms with Crippen LogP contribution in [-0.4, -0.2) is 17.3 Å². The molecule has 0 aromatic carbocycles. The third-order valence-electron chi connectivity index (χ3n) is 2.83. The second-order valence-corrected chi connectivity index (χ2v) is 3.50. The van der Waals surface area contributed by atoms with E-state index in [1.807, 2.05) is 0 Å². The summed E-state index contributed by atoms with van der Waals surface area (Å²) in [6.07, 6.45) is 6.31. The first-order valence-electron chi connectivity index (χ1n) is 3.85. The second-order valence-electron chi connectivity index (χ2n) is 3.50. The lowest BCUT2D eigenvalue weighted by Crippen LogP contribution is -2.41. The van der Waals surface area contributed by atoms with Crippen molar-refractivity contribution in [3.63, 3.8) is 0 Å². The minimum absolute atomic E-state index is 0.350. The van der Waals surface area contributed by atoms with Crippen molar-refractivity contribution in [2.45, 2.75) is 18.4 Å². The highest BCUT2D eigenvalue weighted by atomic mass is 16.3. The number of nitrogens with two attached hydrogens (primary N) is 1. The summed E-state index contributed by atoms with van der Waals surface area (Å²) in [4.78, 5) is 0. The van der Waals surface area contributed by atoms with Gasteiger partial charge in [0.05, 0.1) is 5.60 Å². The van der Waals surface area contributed by atoms with Gasteiger partial charge < -0.3 is 10.8 Å². The summed E-state index contributed by atoms with van der Waals surface area (Å²) in [5, 5.41) is 9.81. The van der Waals surface area contributed by atoms with Crippen LogP contribution < -0.4 is 5.73 Å². The van der Waals surface area contributed by atoms with Gasteiger partial charge in [0, 0.05) is 12.5 Å². The van der Waals surface area contributed by atoms with Gasteiger partial charge in [-0.1, -0.05) is 12.2 Å². The summed E-state index contributed by atoms with van der Waals surface area (Å²) >= 11 is 0. The molecule has 0 saturated heterocycles. The fourth-order valence-electron chi connectivity index (χ4n) is 2.16. The van der Waals surface area contributed by atoms with Gasteiger partial charge in [0.2, 0.25) is 0 Å². The molecule has 0 spiro atoms. The molecule has 56 valence electrons. The molecule has 2 bridgehead atoms. The monoisotopic (exact) mass is 139 g/mol. The number of allylic oxidation sites excluding steroid dienone is 1. The van der Waals surface area contributed by atoms with E-state index >= 15 is 0 Å². The molecule has 1 saturated carbocycles. The average Bonchev–Trinajstić information content (AvgIpc) is 2.46. The maximum atomic E-state index is 9.81. The normalized spacial score (nSPS) is 50.6. The quantitative estimate of drug-likeness (QED) is 0.512. The molecule has 0 aromatic heterocycles. The highest BCUT2D eigenvalue weighted by molar-refractivity contribution is 5.16. The van der Waals surface area contributed by atoms with Crippen molar-refractivity contribution in [3.05, 3.63) is 12.2 Å². The molecule has 2 heteroatoms. The van der Waals surface area contributed by atoms with E-state index < -0.39 is 5.60 Å². The van der Waals surface area contributed by atoms with E-state index in [0.717, 1.165) is 12.8 Å². The smallest absolute Gasteiger partial charge is 0.0837 e. The van der Waals surface area contributed by atoms with E-state index in [0.29, 0.717) is 18.4 Å². The molecule has 2 rings (SSSR count). The van der Waals surface area contributed by atoms with E-state index in [-0.39, 0.29) is 0 Å². The maximum absolute atomic E-state index is 9.81. The summed E-state index contributed by atoms with van der Waals surface area (Å²) in [5.74, 6) is 0.959. The lowest BCUT2D eigenvalue weighted by atomic mass is 9.89. The minimum atomic E-state index is -0.556. The van der Waals surface area contributed by atoms with Crippen LogP contribution in [0.25, 0.3) is 0 Å². The van der Waals surface area contributed by atoms with Gasteiger partial charge in [-0.2, -0.15) is 0 Å². The molecule has 3 N–H and O–H groups in total. The topological polar surface area (TPSA) is 46.2 Å². The first-order chi connectivity index (χ1) is 4.74. The minimum Gasteiger partial charge on any atom is -0.388 e. The van der Waals surface area contributed by atoms with Crippen LogP contribution >= 0.6 is 0 Å². The van der Waals surface area contributed by atoms with Gasteiger partial charge in [-0.15, -0.1) is 0 Å². The molecule has 2 aliphatic carbocycles. The van der Waals surface area contributed by atoms with Crippen molar-refractivity contribution in [1.29, 1.82) is 0 Å². The zero-order valence-corrected chi connectivity index (χ0v) is 5.96. The Bertz CT molecular complexity index is 178. The summed E-state index contributed by atoms with van der Waals surface area (Å²) in [6.45, 7) is 0.415. The molecule has 10 heavy (non-hydrogen) atoms. The first-order valence-corrected chi connectivity index (χ1v) is 3.85. The largest absolute Gasteiger partial charge is 0.388 e. The van der Waals surface area contributed by atoms with Crippen LogP contribution in [-0.2, 0) is 0 Å². The van der Waals surface area contributed by atoms with Gasteiger partial charge in [-0.25, -0.2) is 0 Å². The highest BCUT2D eigenvalue weighted by Crippen LogP contribution is 2.45. The molecule has 1 fully saturated rings. The maximum Gasteiger partial charge on any atom is 0.0837 e. The Balaban J connectivity index is 2.22. The van der Waals surface area contributed by atoms with Gasteiger partial charge in [0.1, 0.15) is 0 Å². The summed E-state index contributed by atoms with van der Waals surface area (Å²) in [7, 11) is 0. The highest BCUT2D eigenvalue weighted by Gasteiger charge is 2.45. The van der Waals surface area contributed by atoms with Crippen molar-refractivity contribution in [1.82, 2.24) is 0 Å². The molecular weight excluding hydrogens is 126 g/mol. The predicted molar refractivity (Wildman–Crippen MR) is 39.4 cm³/mol.